The van der Waals surface area contributed by atoms with Crippen molar-refractivity contribution >= 4 is 40.8 Å². The van der Waals surface area contributed by atoms with Gasteiger partial charge in [0.25, 0.3) is 5.91 Å². The van der Waals surface area contributed by atoms with E-state index in [0.717, 1.165) is 17.3 Å². The molecule has 0 spiro atoms. The summed E-state index contributed by atoms with van der Waals surface area (Å²) in [5.74, 6) is -2.01. The first-order valence-electron chi connectivity index (χ1n) is 8.73. The summed E-state index contributed by atoms with van der Waals surface area (Å²) in [6, 6.07) is 5.37. The normalized spacial score (nSPS) is 19.2. The lowest BCUT2D eigenvalue weighted by molar-refractivity contribution is -0.145. The van der Waals surface area contributed by atoms with Crippen molar-refractivity contribution in [1.29, 1.82) is 0 Å². The molecule has 0 radical (unpaired) electrons. The first kappa shape index (κ1) is 19.1. The van der Waals surface area contributed by atoms with E-state index in [1.807, 2.05) is 6.07 Å². The number of rotatable bonds is 5. The Morgan fingerprint density at radius 3 is 2.67 bits per heavy atom. The number of piperidine rings is 1. The van der Waals surface area contributed by atoms with Gasteiger partial charge in [0.15, 0.2) is 0 Å². The van der Waals surface area contributed by atoms with E-state index in [1.54, 1.807) is 12.1 Å². The minimum absolute atomic E-state index is 0.0553. The summed E-state index contributed by atoms with van der Waals surface area (Å²) in [6.07, 6.45) is 2.29. The number of Topliss-reactive ketones (excluding diaryl/α,β-unsaturated/α-hetero) is 1. The van der Waals surface area contributed by atoms with Gasteiger partial charge >= 0.3 is 0 Å². The van der Waals surface area contributed by atoms with E-state index in [4.69, 9.17) is 11.6 Å². The zero-order valence-corrected chi connectivity index (χ0v) is 15.4. The molecule has 2 N–H and O–H groups in total. The van der Waals surface area contributed by atoms with Crippen molar-refractivity contribution in [3.63, 3.8) is 0 Å². The first-order valence-corrected chi connectivity index (χ1v) is 9.11. The molecule has 2 aliphatic heterocycles. The Morgan fingerprint density at radius 2 is 2.00 bits per heavy atom. The minimum Gasteiger partial charge on any atom is -0.345 e. The molecule has 1 saturated heterocycles. The number of fused-ring (bicyclic) bond motifs is 1. The quantitative estimate of drug-likeness (QED) is 0.589. The third-order valence-corrected chi connectivity index (χ3v) is 5.27. The van der Waals surface area contributed by atoms with Gasteiger partial charge in [-0.3, -0.25) is 19.2 Å². The predicted molar refractivity (Wildman–Crippen MR) is 100 cm³/mol. The highest BCUT2D eigenvalue weighted by Crippen LogP contribution is 2.42. The molecule has 1 unspecified atom stereocenters. The van der Waals surface area contributed by atoms with Crippen LogP contribution in [0.25, 0.3) is 0 Å². The number of ketones is 1. The number of likely N-dealkylation sites (tertiary alicyclic amines) is 1. The summed E-state index contributed by atoms with van der Waals surface area (Å²) in [5, 5.41) is 5.74. The largest absolute Gasteiger partial charge is 0.345 e. The third kappa shape index (κ3) is 4.03. The summed E-state index contributed by atoms with van der Waals surface area (Å²) in [5.41, 5.74) is 1.67. The maximum Gasteiger partial charge on any atom is 0.291 e. The maximum absolute atomic E-state index is 12.4. The summed E-state index contributed by atoms with van der Waals surface area (Å²) in [6.45, 7) is 3.74. The fourth-order valence-electron chi connectivity index (χ4n) is 3.66. The van der Waals surface area contributed by atoms with Crippen molar-refractivity contribution in [3.05, 3.63) is 41.4 Å². The first-order chi connectivity index (χ1) is 12.9. The van der Waals surface area contributed by atoms with Crippen LogP contribution < -0.4 is 10.6 Å². The molecule has 2 aliphatic rings. The number of anilines is 1. The lowest BCUT2D eigenvalue weighted by Crippen LogP contribution is -2.46. The van der Waals surface area contributed by atoms with Gasteiger partial charge in [0.2, 0.25) is 17.6 Å². The monoisotopic (exact) mass is 389 g/mol. The van der Waals surface area contributed by atoms with Crippen LogP contribution in [0.3, 0.4) is 0 Å². The van der Waals surface area contributed by atoms with Gasteiger partial charge in [-0.25, -0.2) is 0 Å². The average molecular weight is 390 g/mol. The summed E-state index contributed by atoms with van der Waals surface area (Å²) in [7, 11) is 0. The second-order valence-electron chi connectivity index (χ2n) is 6.67. The van der Waals surface area contributed by atoms with Crippen molar-refractivity contribution in [2.24, 2.45) is 5.92 Å². The van der Waals surface area contributed by atoms with Crippen molar-refractivity contribution < 1.29 is 19.2 Å². The van der Waals surface area contributed by atoms with Crippen molar-refractivity contribution in [2.45, 2.75) is 18.8 Å². The SMILES string of the molecule is C=CC(=O)NCC(=O)C(=O)N1CCC(C2C(=O)Nc3cc(Cl)ccc32)CC1. The van der Waals surface area contributed by atoms with Crippen LogP contribution in [0.5, 0.6) is 0 Å². The van der Waals surface area contributed by atoms with E-state index >= 15 is 0 Å². The van der Waals surface area contributed by atoms with Crippen molar-refractivity contribution in [1.82, 2.24) is 10.2 Å². The maximum atomic E-state index is 12.4. The van der Waals surface area contributed by atoms with Crippen LogP contribution in [0, 0.1) is 5.92 Å². The average Bonchev–Trinajstić information content (AvgIpc) is 2.99. The van der Waals surface area contributed by atoms with Crippen LogP contribution in [0.15, 0.2) is 30.9 Å². The van der Waals surface area contributed by atoms with Crippen LogP contribution in [-0.4, -0.2) is 48.0 Å². The van der Waals surface area contributed by atoms with Crippen LogP contribution in [0.4, 0.5) is 5.69 Å². The fraction of sp³-hybridized carbons (Fsp3) is 0.368. The van der Waals surface area contributed by atoms with Gasteiger partial charge < -0.3 is 15.5 Å². The van der Waals surface area contributed by atoms with E-state index in [2.05, 4.69) is 17.2 Å². The molecule has 8 heteroatoms. The lowest BCUT2D eigenvalue weighted by Gasteiger charge is -2.33. The molecule has 0 bridgehead atoms. The van der Waals surface area contributed by atoms with E-state index in [0.29, 0.717) is 31.0 Å². The Bertz CT molecular complexity index is 815. The number of nitrogens with one attached hydrogen (secondary N) is 2. The van der Waals surface area contributed by atoms with Gasteiger partial charge in [0.05, 0.1) is 12.5 Å². The zero-order chi connectivity index (χ0) is 19.6. The molecule has 27 heavy (non-hydrogen) atoms. The summed E-state index contributed by atoms with van der Waals surface area (Å²) in [4.78, 5) is 49.2. The Morgan fingerprint density at radius 1 is 1.30 bits per heavy atom. The van der Waals surface area contributed by atoms with E-state index in [9.17, 15) is 19.2 Å². The van der Waals surface area contributed by atoms with Gasteiger partial charge in [-0.1, -0.05) is 24.2 Å². The van der Waals surface area contributed by atoms with Gasteiger partial charge in [0, 0.05) is 23.8 Å². The molecule has 1 atom stereocenters. The van der Waals surface area contributed by atoms with Gasteiger partial charge in [-0.15, -0.1) is 0 Å². The number of nitrogens with zero attached hydrogens (tertiary/aromatic N) is 1. The minimum atomic E-state index is -0.665. The molecule has 3 rings (SSSR count). The van der Waals surface area contributed by atoms with Gasteiger partial charge in [-0.2, -0.15) is 0 Å². The van der Waals surface area contributed by atoms with Crippen LogP contribution in [0.1, 0.15) is 24.3 Å². The van der Waals surface area contributed by atoms with Crippen LogP contribution in [-0.2, 0) is 19.2 Å². The fourth-order valence-corrected chi connectivity index (χ4v) is 3.83. The highest BCUT2D eigenvalue weighted by Gasteiger charge is 2.39. The predicted octanol–water partition coefficient (Wildman–Crippen LogP) is 1.49. The topological polar surface area (TPSA) is 95.6 Å². The lowest BCUT2D eigenvalue weighted by atomic mass is 9.80. The highest BCUT2D eigenvalue weighted by molar-refractivity contribution is 6.37. The second kappa shape index (κ2) is 7.92. The van der Waals surface area contributed by atoms with E-state index in [-0.39, 0.29) is 24.3 Å². The highest BCUT2D eigenvalue weighted by atomic mass is 35.5. The smallest absolute Gasteiger partial charge is 0.291 e. The number of benzene rings is 1. The summed E-state index contributed by atoms with van der Waals surface area (Å²) >= 11 is 5.98. The molecular formula is C19H20ClN3O4. The third-order valence-electron chi connectivity index (χ3n) is 5.04. The number of carbonyl (C=O) groups is 4. The Labute approximate surface area is 161 Å². The molecule has 1 aromatic carbocycles. The molecule has 1 aromatic rings. The van der Waals surface area contributed by atoms with Gasteiger partial charge in [-0.05, 0) is 42.5 Å². The van der Waals surface area contributed by atoms with E-state index in [1.165, 1.54) is 4.90 Å². The molecule has 0 saturated carbocycles. The van der Waals surface area contributed by atoms with Crippen molar-refractivity contribution in [2.75, 3.05) is 25.0 Å². The molecular weight excluding hydrogens is 370 g/mol. The Kier molecular flexibility index (Phi) is 5.60. The molecule has 3 amide bonds. The van der Waals surface area contributed by atoms with Gasteiger partial charge in [0.1, 0.15) is 0 Å². The molecule has 142 valence electrons. The number of hydrogen-bond donors (Lipinski definition) is 2. The van der Waals surface area contributed by atoms with Crippen LogP contribution >= 0.6 is 11.6 Å². The molecule has 0 aliphatic carbocycles. The second-order valence-corrected chi connectivity index (χ2v) is 7.11. The zero-order valence-electron chi connectivity index (χ0n) is 14.7. The number of carbonyl (C=O) groups excluding carboxylic acids is 4. The van der Waals surface area contributed by atoms with Crippen molar-refractivity contribution in [3.8, 4) is 0 Å². The standard InChI is InChI=1S/C19H20ClN3O4/c1-2-16(25)21-10-15(24)19(27)23-7-5-11(6-8-23)17-13-4-3-12(20)9-14(13)22-18(17)26/h2-4,9,11,17H,1,5-8,10H2,(H,21,25)(H,22,26). The number of amides is 3. The molecule has 0 aromatic heterocycles. The number of hydrogen-bond acceptors (Lipinski definition) is 4. The molecule has 7 nitrogen and oxygen atoms in total. The molecule has 2 heterocycles. The number of halogens is 1. The van der Waals surface area contributed by atoms with Crippen LogP contribution in [0.2, 0.25) is 5.02 Å². The van der Waals surface area contributed by atoms with E-state index < -0.39 is 17.6 Å². The molecule has 1 fully saturated rings. The Balaban J connectivity index is 1.59. The summed E-state index contributed by atoms with van der Waals surface area (Å²) < 4.78 is 0. The Hall–Kier alpha value is -2.67.